The van der Waals surface area contributed by atoms with E-state index in [0.29, 0.717) is 6.04 Å². The molecule has 78 valence electrons. The van der Waals surface area contributed by atoms with Gasteiger partial charge in [-0.05, 0) is 20.3 Å². The predicted octanol–water partition coefficient (Wildman–Crippen LogP) is 0.441. The van der Waals surface area contributed by atoms with Gasteiger partial charge in [-0.15, -0.1) is 0 Å². The Morgan fingerprint density at radius 2 is 2.31 bits per heavy atom. The molecule has 0 aromatic heterocycles. The number of nitrogens with one attached hydrogen (secondary N) is 1. The average Bonchev–Trinajstić information content (AvgIpc) is 2.03. The summed E-state index contributed by atoms with van der Waals surface area (Å²) in [5, 5.41) is 13.3. The maximum absolute atomic E-state index is 9.90. The second-order valence-corrected chi connectivity index (χ2v) is 4.44. The lowest BCUT2D eigenvalue weighted by Gasteiger charge is -2.36. The normalized spacial score (nSPS) is 30.0. The fraction of sp³-hybridized carbons (Fsp3) is 1.00. The number of piperazine rings is 1. The van der Waals surface area contributed by atoms with Crippen molar-refractivity contribution in [3.8, 4) is 0 Å². The van der Waals surface area contributed by atoms with Crippen LogP contribution in [0.2, 0.25) is 0 Å². The van der Waals surface area contributed by atoms with Gasteiger partial charge in [0.25, 0.3) is 0 Å². The van der Waals surface area contributed by atoms with Crippen molar-refractivity contribution in [3.63, 3.8) is 0 Å². The number of β-amino-alcohol motifs (C(OH)–C–C–N with tert-alkyl or cyclic N) is 1. The Hall–Kier alpha value is -0.120. The Labute approximate surface area is 81.1 Å². The molecule has 0 saturated carbocycles. The van der Waals surface area contributed by atoms with Crippen molar-refractivity contribution in [2.75, 3.05) is 26.2 Å². The van der Waals surface area contributed by atoms with E-state index in [-0.39, 0.29) is 0 Å². The first-order valence-corrected chi connectivity index (χ1v) is 5.21. The van der Waals surface area contributed by atoms with Crippen molar-refractivity contribution >= 4 is 0 Å². The van der Waals surface area contributed by atoms with Gasteiger partial charge < -0.3 is 10.4 Å². The summed E-state index contributed by atoms with van der Waals surface area (Å²) in [4.78, 5) is 2.34. The maximum atomic E-state index is 9.90. The van der Waals surface area contributed by atoms with E-state index >= 15 is 0 Å². The van der Waals surface area contributed by atoms with Crippen molar-refractivity contribution in [2.24, 2.45) is 0 Å². The second kappa shape index (κ2) is 4.40. The number of nitrogens with zero attached hydrogens (tertiary/aromatic N) is 1. The standard InChI is InChI=1S/C10H22N2O/c1-4-10(3,13)8-12-6-5-11-9(2)7-12/h9,11,13H,4-8H2,1-3H3. The lowest BCUT2D eigenvalue weighted by molar-refractivity contribution is 0.00936. The number of hydrogen-bond acceptors (Lipinski definition) is 3. The van der Waals surface area contributed by atoms with Crippen LogP contribution in [0, 0.1) is 0 Å². The van der Waals surface area contributed by atoms with Gasteiger partial charge in [0, 0.05) is 32.2 Å². The summed E-state index contributed by atoms with van der Waals surface area (Å²) >= 11 is 0. The lowest BCUT2D eigenvalue weighted by atomic mass is 10.0. The lowest BCUT2D eigenvalue weighted by Crippen LogP contribution is -2.53. The van der Waals surface area contributed by atoms with Crippen molar-refractivity contribution in [3.05, 3.63) is 0 Å². The van der Waals surface area contributed by atoms with Gasteiger partial charge >= 0.3 is 0 Å². The molecule has 2 atom stereocenters. The van der Waals surface area contributed by atoms with Gasteiger partial charge in [-0.2, -0.15) is 0 Å². The zero-order valence-corrected chi connectivity index (χ0v) is 9.01. The highest BCUT2D eigenvalue weighted by Gasteiger charge is 2.24. The van der Waals surface area contributed by atoms with Gasteiger partial charge in [0.2, 0.25) is 0 Å². The van der Waals surface area contributed by atoms with Crippen LogP contribution in [-0.2, 0) is 0 Å². The number of hydrogen-bond donors (Lipinski definition) is 2. The smallest absolute Gasteiger partial charge is 0.0743 e. The minimum absolute atomic E-state index is 0.517. The van der Waals surface area contributed by atoms with Crippen molar-refractivity contribution in [1.82, 2.24) is 10.2 Å². The molecule has 1 saturated heterocycles. The summed E-state index contributed by atoms with van der Waals surface area (Å²) in [6, 6.07) is 0.557. The van der Waals surface area contributed by atoms with Gasteiger partial charge in [0.1, 0.15) is 0 Å². The molecule has 1 rings (SSSR count). The molecule has 13 heavy (non-hydrogen) atoms. The quantitative estimate of drug-likeness (QED) is 0.671. The van der Waals surface area contributed by atoms with E-state index in [0.717, 1.165) is 32.6 Å². The van der Waals surface area contributed by atoms with Crippen LogP contribution in [0.4, 0.5) is 0 Å². The molecule has 1 heterocycles. The molecule has 0 amide bonds. The van der Waals surface area contributed by atoms with Crippen molar-refractivity contribution in [1.29, 1.82) is 0 Å². The van der Waals surface area contributed by atoms with Crippen molar-refractivity contribution < 1.29 is 5.11 Å². The third-order valence-electron chi connectivity index (χ3n) is 2.78. The summed E-state index contributed by atoms with van der Waals surface area (Å²) in [7, 11) is 0. The van der Waals surface area contributed by atoms with Crippen LogP contribution in [0.5, 0.6) is 0 Å². The molecule has 0 aromatic carbocycles. The monoisotopic (exact) mass is 186 g/mol. The molecule has 3 heteroatoms. The molecule has 0 aliphatic carbocycles. The van der Waals surface area contributed by atoms with Crippen LogP contribution in [0.1, 0.15) is 27.2 Å². The Morgan fingerprint density at radius 1 is 1.62 bits per heavy atom. The molecule has 0 radical (unpaired) electrons. The molecule has 0 bridgehead atoms. The SMILES string of the molecule is CCC(C)(O)CN1CCNC(C)C1. The Bertz CT molecular complexity index is 159. The second-order valence-electron chi connectivity index (χ2n) is 4.44. The molecule has 0 spiro atoms. The predicted molar refractivity (Wildman–Crippen MR) is 54.8 cm³/mol. The molecule has 1 aliphatic heterocycles. The summed E-state index contributed by atoms with van der Waals surface area (Å²) in [5.74, 6) is 0. The minimum Gasteiger partial charge on any atom is -0.389 e. The van der Waals surface area contributed by atoms with Crippen LogP contribution in [-0.4, -0.2) is 47.8 Å². The molecule has 1 fully saturated rings. The Kier molecular flexibility index (Phi) is 3.71. The molecule has 0 aromatic rings. The van der Waals surface area contributed by atoms with E-state index < -0.39 is 5.60 Å². The molecule has 3 nitrogen and oxygen atoms in total. The molecular weight excluding hydrogens is 164 g/mol. The largest absolute Gasteiger partial charge is 0.389 e. The van der Waals surface area contributed by atoms with Gasteiger partial charge in [0.15, 0.2) is 0 Å². The van der Waals surface area contributed by atoms with Gasteiger partial charge in [-0.3, -0.25) is 4.90 Å². The van der Waals surface area contributed by atoms with E-state index in [1.165, 1.54) is 0 Å². The minimum atomic E-state index is -0.517. The highest BCUT2D eigenvalue weighted by atomic mass is 16.3. The highest BCUT2D eigenvalue weighted by Crippen LogP contribution is 2.12. The van der Waals surface area contributed by atoms with E-state index in [1.54, 1.807) is 0 Å². The van der Waals surface area contributed by atoms with Crippen LogP contribution in [0.15, 0.2) is 0 Å². The molecule has 2 N–H and O–H groups in total. The van der Waals surface area contributed by atoms with Crippen LogP contribution in [0.25, 0.3) is 0 Å². The first kappa shape index (κ1) is 11.0. The third-order valence-corrected chi connectivity index (χ3v) is 2.78. The first-order valence-electron chi connectivity index (χ1n) is 5.21. The van der Waals surface area contributed by atoms with E-state index in [9.17, 15) is 5.11 Å². The molecule has 1 aliphatic rings. The van der Waals surface area contributed by atoms with Crippen molar-refractivity contribution in [2.45, 2.75) is 38.8 Å². The summed E-state index contributed by atoms with van der Waals surface area (Å²) in [6.45, 7) is 10.1. The maximum Gasteiger partial charge on any atom is 0.0743 e. The molecular formula is C10H22N2O. The van der Waals surface area contributed by atoms with E-state index in [4.69, 9.17) is 0 Å². The topological polar surface area (TPSA) is 35.5 Å². The Balaban J connectivity index is 2.35. The fourth-order valence-corrected chi connectivity index (χ4v) is 1.75. The third kappa shape index (κ3) is 3.63. The number of rotatable bonds is 3. The van der Waals surface area contributed by atoms with E-state index in [2.05, 4.69) is 17.1 Å². The van der Waals surface area contributed by atoms with Crippen LogP contribution >= 0.6 is 0 Å². The molecule has 2 unspecified atom stereocenters. The van der Waals surface area contributed by atoms with Gasteiger partial charge in [0.05, 0.1) is 5.60 Å². The highest BCUT2D eigenvalue weighted by molar-refractivity contribution is 4.81. The summed E-state index contributed by atoms with van der Waals surface area (Å²) < 4.78 is 0. The van der Waals surface area contributed by atoms with Gasteiger partial charge in [-0.25, -0.2) is 0 Å². The Morgan fingerprint density at radius 3 is 2.85 bits per heavy atom. The fourth-order valence-electron chi connectivity index (χ4n) is 1.75. The van der Waals surface area contributed by atoms with E-state index in [1.807, 2.05) is 13.8 Å². The van der Waals surface area contributed by atoms with Crippen LogP contribution in [0.3, 0.4) is 0 Å². The number of aliphatic hydroxyl groups is 1. The van der Waals surface area contributed by atoms with Gasteiger partial charge in [-0.1, -0.05) is 6.92 Å². The zero-order chi connectivity index (χ0) is 9.90. The van der Waals surface area contributed by atoms with Crippen LogP contribution < -0.4 is 5.32 Å². The first-order chi connectivity index (χ1) is 6.03. The summed E-state index contributed by atoms with van der Waals surface area (Å²) in [6.07, 6.45) is 0.825. The average molecular weight is 186 g/mol. The summed E-state index contributed by atoms with van der Waals surface area (Å²) in [5.41, 5.74) is -0.517. The zero-order valence-electron chi connectivity index (χ0n) is 9.01.